The van der Waals surface area contributed by atoms with Crippen LogP contribution in [0.2, 0.25) is 0 Å². The Morgan fingerprint density at radius 3 is 2.90 bits per heavy atom. The minimum absolute atomic E-state index is 0.109. The Bertz CT molecular complexity index is 734. The molecule has 1 aliphatic heterocycles. The standard InChI is InChI=1S/C15H13N3O2/c1-17-8-3-9-18-11-5-2-4-10-6-7-12(20-16)14(13(10)11)15(18)19/h2,4-7H,3,8-9,16H2. The summed E-state index contributed by atoms with van der Waals surface area (Å²) >= 11 is 0. The first-order chi connectivity index (χ1) is 9.77. The molecule has 0 bridgehead atoms. The zero-order chi connectivity index (χ0) is 14.1. The van der Waals surface area contributed by atoms with E-state index in [-0.39, 0.29) is 5.91 Å². The van der Waals surface area contributed by atoms with Gasteiger partial charge >= 0.3 is 0 Å². The first kappa shape index (κ1) is 12.5. The van der Waals surface area contributed by atoms with Gasteiger partial charge < -0.3 is 14.6 Å². The van der Waals surface area contributed by atoms with Crippen molar-refractivity contribution in [2.75, 3.05) is 18.0 Å². The lowest BCUT2D eigenvalue weighted by Crippen LogP contribution is -2.28. The van der Waals surface area contributed by atoms with Crippen molar-refractivity contribution in [3.8, 4) is 5.75 Å². The number of amides is 1. The van der Waals surface area contributed by atoms with Crippen LogP contribution in [-0.2, 0) is 0 Å². The van der Waals surface area contributed by atoms with Crippen LogP contribution < -0.4 is 15.6 Å². The maximum atomic E-state index is 12.6. The molecule has 5 heteroatoms. The van der Waals surface area contributed by atoms with Crippen LogP contribution in [-0.4, -0.2) is 19.0 Å². The number of carbonyl (C=O) groups is 1. The lowest BCUT2D eigenvalue weighted by atomic mass is 10.0. The molecule has 0 spiro atoms. The van der Waals surface area contributed by atoms with Crippen LogP contribution in [0.1, 0.15) is 16.8 Å². The third-order valence-electron chi connectivity index (χ3n) is 3.51. The molecule has 2 aromatic carbocycles. The molecular weight excluding hydrogens is 254 g/mol. The van der Waals surface area contributed by atoms with Gasteiger partial charge in [-0.2, -0.15) is 5.90 Å². The molecule has 1 amide bonds. The van der Waals surface area contributed by atoms with Crippen molar-refractivity contribution < 1.29 is 9.63 Å². The van der Waals surface area contributed by atoms with Gasteiger partial charge in [0.1, 0.15) is 0 Å². The van der Waals surface area contributed by atoms with Gasteiger partial charge in [0, 0.05) is 18.4 Å². The summed E-state index contributed by atoms with van der Waals surface area (Å²) in [7, 11) is 0. The molecule has 0 saturated carbocycles. The van der Waals surface area contributed by atoms with Crippen molar-refractivity contribution in [2.24, 2.45) is 5.90 Å². The van der Waals surface area contributed by atoms with Crippen molar-refractivity contribution in [2.45, 2.75) is 6.42 Å². The lowest BCUT2D eigenvalue weighted by molar-refractivity contribution is 0.0989. The molecule has 0 radical (unpaired) electrons. The summed E-state index contributed by atoms with van der Waals surface area (Å²) in [6.07, 6.45) is 0.651. The number of nitrogens with two attached hydrogens (primary N) is 1. The van der Waals surface area contributed by atoms with Crippen LogP contribution in [0, 0.1) is 6.57 Å². The highest BCUT2D eigenvalue weighted by Crippen LogP contribution is 2.41. The number of anilines is 1. The van der Waals surface area contributed by atoms with E-state index in [1.807, 2.05) is 24.3 Å². The molecule has 20 heavy (non-hydrogen) atoms. The van der Waals surface area contributed by atoms with Crippen LogP contribution in [0.15, 0.2) is 30.3 Å². The van der Waals surface area contributed by atoms with Crippen molar-refractivity contribution in [3.05, 3.63) is 47.3 Å². The second-order valence-corrected chi connectivity index (χ2v) is 4.62. The van der Waals surface area contributed by atoms with E-state index in [0.29, 0.717) is 30.8 Å². The second-order valence-electron chi connectivity index (χ2n) is 4.62. The maximum absolute atomic E-state index is 12.6. The fraction of sp³-hybridized carbons (Fsp3) is 0.200. The highest BCUT2D eigenvalue weighted by Gasteiger charge is 2.32. The number of rotatable bonds is 4. The highest BCUT2D eigenvalue weighted by molar-refractivity contribution is 6.26. The van der Waals surface area contributed by atoms with Crippen molar-refractivity contribution in [1.82, 2.24) is 0 Å². The summed E-state index contributed by atoms with van der Waals surface area (Å²) in [5.74, 6) is 5.54. The normalized spacial score (nSPS) is 12.8. The van der Waals surface area contributed by atoms with Gasteiger partial charge in [-0.3, -0.25) is 4.79 Å². The van der Waals surface area contributed by atoms with Crippen molar-refractivity contribution in [3.63, 3.8) is 0 Å². The minimum atomic E-state index is -0.109. The smallest absolute Gasteiger partial charge is 0.262 e. The Morgan fingerprint density at radius 2 is 2.15 bits per heavy atom. The van der Waals surface area contributed by atoms with E-state index < -0.39 is 0 Å². The monoisotopic (exact) mass is 267 g/mol. The predicted octanol–water partition coefficient (Wildman–Crippen LogP) is 2.36. The molecule has 0 aliphatic carbocycles. The topological polar surface area (TPSA) is 59.9 Å². The van der Waals surface area contributed by atoms with Crippen molar-refractivity contribution in [1.29, 1.82) is 0 Å². The molecule has 0 aromatic heterocycles. The molecule has 0 saturated heterocycles. The van der Waals surface area contributed by atoms with E-state index in [0.717, 1.165) is 16.5 Å². The van der Waals surface area contributed by atoms with Crippen LogP contribution in [0.4, 0.5) is 5.69 Å². The Balaban J connectivity index is 2.12. The van der Waals surface area contributed by atoms with Crippen LogP contribution >= 0.6 is 0 Å². The number of nitrogens with zero attached hydrogens (tertiary/aromatic N) is 2. The summed E-state index contributed by atoms with van der Waals surface area (Å²) in [6, 6.07) is 9.39. The molecule has 0 fully saturated rings. The predicted molar refractivity (Wildman–Crippen MR) is 76.5 cm³/mol. The Labute approximate surface area is 116 Å². The van der Waals surface area contributed by atoms with Crippen LogP contribution in [0.5, 0.6) is 5.75 Å². The molecular formula is C15H13N3O2. The Kier molecular flexibility index (Phi) is 3.01. The molecule has 0 atom stereocenters. The molecule has 2 aromatic rings. The molecule has 1 aliphatic rings. The first-order valence-electron chi connectivity index (χ1n) is 6.35. The van der Waals surface area contributed by atoms with E-state index in [1.165, 1.54) is 0 Å². The molecule has 3 rings (SSSR count). The van der Waals surface area contributed by atoms with Crippen molar-refractivity contribution >= 4 is 22.4 Å². The molecule has 2 N–H and O–H groups in total. The lowest BCUT2D eigenvalue weighted by Gasteiger charge is -2.16. The minimum Gasteiger partial charge on any atom is -0.411 e. The van der Waals surface area contributed by atoms with Gasteiger partial charge in [0.15, 0.2) is 5.75 Å². The average molecular weight is 267 g/mol. The summed E-state index contributed by atoms with van der Waals surface area (Å²) in [5, 5.41) is 1.86. The van der Waals surface area contributed by atoms with Gasteiger partial charge in [0.05, 0.1) is 11.3 Å². The first-order valence-corrected chi connectivity index (χ1v) is 6.35. The number of hydrogen-bond acceptors (Lipinski definition) is 3. The number of carbonyl (C=O) groups excluding carboxylic acids is 1. The van der Waals surface area contributed by atoms with E-state index in [9.17, 15) is 4.79 Å². The fourth-order valence-corrected chi connectivity index (χ4v) is 2.65. The van der Waals surface area contributed by atoms with E-state index in [2.05, 4.69) is 4.85 Å². The zero-order valence-corrected chi connectivity index (χ0v) is 10.8. The average Bonchev–Trinajstić information content (AvgIpc) is 2.76. The second kappa shape index (κ2) is 4.83. The fourth-order valence-electron chi connectivity index (χ4n) is 2.65. The van der Waals surface area contributed by atoms with Crippen LogP contribution in [0.3, 0.4) is 0 Å². The zero-order valence-electron chi connectivity index (χ0n) is 10.8. The Hall–Kier alpha value is -2.58. The SMILES string of the molecule is [C-]#[N+]CCCN1C(=O)c2c(ON)ccc3cccc1c23. The third-order valence-corrected chi connectivity index (χ3v) is 3.51. The number of benzene rings is 2. The summed E-state index contributed by atoms with van der Waals surface area (Å²) in [6.45, 7) is 7.76. The highest BCUT2D eigenvalue weighted by atomic mass is 16.6. The van der Waals surface area contributed by atoms with Gasteiger partial charge in [0.2, 0.25) is 6.54 Å². The maximum Gasteiger partial charge on any atom is 0.262 e. The van der Waals surface area contributed by atoms with E-state index in [4.69, 9.17) is 17.3 Å². The molecule has 5 nitrogen and oxygen atoms in total. The largest absolute Gasteiger partial charge is 0.411 e. The van der Waals surface area contributed by atoms with Gasteiger partial charge in [-0.1, -0.05) is 18.2 Å². The third kappa shape index (κ3) is 1.70. The van der Waals surface area contributed by atoms with Crippen LogP contribution in [0.25, 0.3) is 15.6 Å². The van der Waals surface area contributed by atoms with E-state index >= 15 is 0 Å². The molecule has 100 valence electrons. The van der Waals surface area contributed by atoms with Gasteiger partial charge in [-0.05, 0) is 17.5 Å². The molecule has 0 unspecified atom stereocenters. The summed E-state index contributed by atoms with van der Waals surface area (Å²) in [5.41, 5.74) is 1.38. The summed E-state index contributed by atoms with van der Waals surface area (Å²) < 4.78 is 0. The quantitative estimate of drug-likeness (QED) is 0.525. The van der Waals surface area contributed by atoms with Gasteiger partial charge in [-0.15, -0.1) is 0 Å². The summed E-state index contributed by atoms with van der Waals surface area (Å²) in [4.78, 5) is 22.4. The van der Waals surface area contributed by atoms with E-state index in [1.54, 1.807) is 11.0 Å². The molecule has 1 heterocycles. The number of hydrogen-bond donors (Lipinski definition) is 1. The van der Waals surface area contributed by atoms with Gasteiger partial charge in [-0.25, -0.2) is 6.57 Å². The Morgan fingerprint density at radius 1 is 1.30 bits per heavy atom. The van der Waals surface area contributed by atoms with Gasteiger partial charge in [0.25, 0.3) is 5.91 Å².